The van der Waals surface area contributed by atoms with Crippen molar-refractivity contribution >= 4 is 43.6 Å². The quantitative estimate of drug-likeness (QED) is 0.167. The van der Waals surface area contributed by atoms with Crippen molar-refractivity contribution in [2.45, 2.75) is 0 Å². The van der Waals surface area contributed by atoms with E-state index in [0.717, 1.165) is 55.2 Å². The van der Waals surface area contributed by atoms with Crippen molar-refractivity contribution in [2.75, 3.05) is 0 Å². The largest absolute Gasteiger partial charge is 0.457 e. The van der Waals surface area contributed by atoms with E-state index in [4.69, 9.17) is 12.2 Å². The maximum atomic E-state index is 8.19. The maximum absolute atomic E-state index is 8.19. The minimum atomic E-state index is -0.172. The van der Waals surface area contributed by atoms with Gasteiger partial charge in [0.25, 0.3) is 0 Å². The summed E-state index contributed by atoms with van der Waals surface area (Å²) in [6.45, 7) is 0. The zero-order valence-electron chi connectivity index (χ0n) is 29.5. The van der Waals surface area contributed by atoms with Crippen molar-refractivity contribution in [3.8, 4) is 46.0 Å². The van der Waals surface area contributed by atoms with Crippen molar-refractivity contribution in [2.24, 2.45) is 0 Å². The van der Waals surface area contributed by atoms with Crippen LogP contribution in [-0.4, -0.2) is 29.1 Å². The van der Waals surface area contributed by atoms with Gasteiger partial charge in [-0.3, -0.25) is 9.13 Å². The summed E-state index contributed by atoms with van der Waals surface area (Å²) in [5.41, 5.74) is 4.56. The van der Waals surface area contributed by atoms with Crippen LogP contribution < -0.4 is 9.47 Å². The van der Waals surface area contributed by atoms with E-state index in [0.29, 0.717) is 28.6 Å². The number of benzene rings is 5. The second kappa shape index (κ2) is 12.2. The van der Waals surface area contributed by atoms with Crippen molar-refractivity contribution in [1.82, 2.24) is 29.1 Å². The number of para-hydroxylation sites is 2. The van der Waals surface area contributed by atoms with E-state index in [-0.39, 0.29) is 18.0 Å². The Balaban J connectivity index is 1.08. The van der Waals surface area contributed by atoms with E-state index >= 15 is 0 Å². The number of pyridine rings is 2. The van der Waals surface area contributed by atoms with Gasteiger partial charge >= 0.3 is 0 Å². The van der Waals surface area contributed by atoms with Crippen LogP contribution in [0.1, 0.15) is 2.74 Å². The van der Waals surface area contributed by atoms with E-state index in [1.165, 1.54) is 6.20 Å². The molecule has 0 fully saturated rings. The fourth-order valence-electron chi connectivity index (χ4n) is 6.96. The van der Waals surface area contributed by atoms with E-state index in [1.807, 2.05) is 103 Å². The molecule has 5 aromatic carbocycles. The highest BCUT2D eigenvalue weighted by atomic mass is 16.5. The van der Waals surface area contributed by atoms with Crippen molar-refractivity contribution in [3.05, 3.63) is 170 Å². The molecule has 246 valence electrons. The number of hydrogen-bond donors (Lipinski definition) is 0. The topological polar surface area (TPSA) is 79.9 Å². The maximum Gasteiger partial charge on any atom is 0.159 e. The summed E-state index contributed by atoms with van der Waals surface area (Å²) in [5, 5.41) is 4.38. The number of rotatable bonds is 7. The van der Waals surface area contributed by atoms with E-state index in [9.17, 15) is 0 Å². The summed E-state index contributed by atoms with van der Waals surface area (Å²) in [5.74, 6) is 4.07. The van der Waals surface area contributed by atoms with Gasteiger partial charge in [0.15, 0.2) is 5.82 Å². The molecule has 0 spiro atoms. The molecule has 0 bridgehead atoms. The molecule has 10 aromatic rings. The van der Waals surface area contributed by atoms with Gasteiger partial charge in [0, 0.05) is 70.1 Å². The van der Waals surface area contributed by atoms with Crippen LogP contribution in [0.2, 0.25) is 0 Å². The molecule has 0 aliphatic rings. The van der Waals surface area contributed by atoms with Crippen LogP contribution in [0, 0.1) is 0 Å². The summed E-state index contributed by atoms with van der Waals surface area (Å²) in [6, 6.07) is 45.7. The standard InChI is InChI=1S/C44H28N6O2/c1-3-12-38-34(10-1)36-18-16-30(27-40(36)49(38)42-14-5-7-20-45-42)51-32-24-29(44-47-22-9-23-48-44)25-33(26-32)52-31-17-19-37-35-11-2-4-13-39(35)50(41(37)28-31)43-15-6-8-21-46-43/h1-28H/i9D,22D. The highest BCUT2D eigenvalue weighted by molar-refractivity contribution is 6.10. The Kier molecular flexibility index (Phi) is 6.46. The molecule has 0 saturated heterocycles. The van der Waals surface area contributed by atoms with Crippen LogP contribution in [0.25, 0.3) is 66.6 Å². The average molecular weight is 675 g/mol. The summed E-state index contributed by atoms with van der Waals surface area (Å²) in [7, 11) is 0. The predicted molar refractivity (Wildman–Crippen MR) is 205 cm³/mol. The fraction of sp³-hybridized carbons (Fsp3) is 0. The Morgan fingerprint density at radius 3 is 1.46 bits per heavy atom. The van der Waals surface area contributed by atoms with Crippen molar-refractivity contribution in [1.29, 1.82) is 0 Å². The molecular weight excluding hydrogens is 645 g/mol. The van der Waals surface area contributed by atoms with Crippen LogP contribution in [0.4, 0.5) is 0 Å². The van der Waals surface area contributed by atoms with Crippen molar-refractivity contribution < 1.29 is 12.2 Å². The highest BCUT2D eigenvalue weighted by Crippen LogP contribution is 2.39. The van der Waals surface area contributed by atoms with Gasteiger partial charge in [-0.1, -0.05) is 48.5 Å². The first kappa shape index (κ1) is 27.5. The van der Waals surface area contributed by atoms with Gasteiger partial charge < -0.3 is 9.47 Å². The molecule has 52 heavy (non-hydrogen) atoms. The third-order valence-electron chi connectivity index (χ3n) is 9.13. The van der Waals surface area contributed by atoms with E-state index in [1.54, 1.807) is 12.4 Å². The van der Waals surface area contributed by atoms with E-state index in [2.05, 4.69) is 65.5 Å². The average Bonchev–Trinajstić information content (AvgIpc) is 3.71. The van der Waals surface area contributed by atoms with E-state index < -0.39 is 0 Å². The third-order valence-corrected chi connectivity index (χ3v) is 9.13. The Hall–Kier alpha value is -7.32. The first-order chi connectivity index (χ1) is 26.6. The Morgan fingerprint density at radius 1 is 0.423 bits per heavy atom. The van der Waals surface area contributed by atoms with Gasteiger partial charge in [0.1, 0.15) is 34.6 Å². The van der Waals surface area contributed by atoms with Gasteiger partial charge in [-0.05, 0) is 78.8 Å². The van der Waals surface area contributed by atoms with Crippen LogP contribution in [0.5, 0.6) is 23.0 Å². The zero-order chi connectivity index (χ0) is 36.2. The lowest BCUT2D eigenvalue weighted by molar-refractivity contribution is 0.461. The molecule has 0 N–H and O–H groups in total. The predicted octanol–water partition coefficient (Wildman–Crippen LogP) is 10.7. The lowest BCUT2D eigenvalue weighted by atomic mass is 10.1. The molecule has 0 aliphatic carbocycles. The molecule has 0 amide bonds. The Morgan fingerprint density at radius 2 is 0.942 bits per heavy atom. The Labute approximate surface area is 300 Å². The molecule has 0 saturated carbocycles. The SMILES string of the molecule is [2H]c1cnc(-c2cc(Oc3ccc4c5ccccc5n(-c5ccccn5)c4c3)cc(Oc3ccc4c5ccccc5n(-c5ccccn5)c4c3)c2)nc1[2H]. The minimum absolute atomic E-state index is 0.0594. The second-order valence-electron chi connectivity index (χ2n) is 12.3. The molecule has 8 heteroatoms. The number of ether oxygens (including phenoxy) is 2. The summed E-state index contributed by atoms with van der Waals surface area (Å²) in [4.78, 5) is 18.0. The zero-order valence-corrected chi connectivity index (χ0v) is 27.5. The second-order valence-corrected chi connectivity index (χ2v) is 12.3. The molecule has 5 heterocycles. The molecule has 0 atom stereocenters. The van der Waals surface area contributed by atoms with Gasteiger partial charge in [0.2, 0.25) is 0 Å². The molecule has 0 radical (unpaired) electrons. The number of aromatic nitrogens is 6. The minimum Gasteiger partial charge on any atom is -0.457 e. The number of nitrogens with zero attached hydrogens (tertiary/aromatic N) is 6. The van der Waals surface area contributed by atoms with Crippen molar-refractivity contribution in [3.63, 3.8) is 0 Å². The highest BCUT2D eigenvalue weighted by Gasteiger charge is 2.17. The number of hydrogen-bond acceptors (Lipinski definition) is 6. The van der Waals surface area contributed by atoms with Crippen LogP contribution in [0.3, 0.4) is 0 Å². The molecular formula is C44H28N6O2. The smallest absolute Gasteiger partial charge is 0.159 e. The molecule has 0 unspecified atom stereocenters. The fourth-order valence-corrected chi connectivity index (χ4v) is 6.96. The van der Waals surface area contributed by atoms with Gasteiger partial charge in [0.05, 0.1) is 24.8 Å². The molecule has 5 aromatic heterocycles. The van der Waals surface area contributed by atoms with Gasteiger partial charge in [-0.15, -0.1) is 0 Å². The molecule has 8 nitrogen and oxygen atoms in total. The van der Waals surface area contributed by atoms with Crippen LogP contribution >= 0.6 is 0 Å². The lowest BCUT2D eigenvalue weighted by Gasteiger charge is -2.13. The molecule has 0 aliphatic heterocycles. The summed E-state index contributed by atoms with van der Waals surface area (Å²) in [6.07, 6.45) is 4.73. The number of fused-ring (bicyclic) bond motifs is 6. The lowest BCUT2D eigenvalue weighted by Crippen LogP contribution is -1.97. The molecule has 10 rings (SSSR count). The first-order valence-corrected chi connectivity index (χ1v) is 16.8. The normalized spacial score (nSPS) is 12.0. The third kappa shape index (κ3) is 5.09. The first-order valence-electron chi connectivity index (χ1n) is 17.8. The van der Waals surface area contributed by atoms with Crippen LogP contribution in [0.15, 0.2) is 170 Å². The monoisotopic (exact) mass is 674 g/mol. The Bertz CT molecular complexity index is 2860. The van der Waals surface area contributed by atoms with Gasteiger partial charge in [-0.25, -0.2) is 19.9 Å². The summed E-state index contributed by atoms with van der Waals surface area (Å²) >= 11 is 0. The van der Waals surface area contributed by atoms with Gasteiger partial charge in [-0.2, -0.15) is 0 Å². The van der Waals surface area contributed by atoms with Crippen LogP contribution in [-0.2, 0) is 0 Å². The summed E-state index contributed by atoms with van der Waals surface area (Å²) < 4.78 is 33.6.